The lowest BCUT2D eigenvalue weighted by molar-refractivity contribution is 0.102. The topological polar surface area (TPSA) is 76.1 Å². The fourth-order valence-corrected chi connectivity index (χ4v) is 1.73. The summed E-state index contributed by atoms with van der Waals surface area (Å²) in [5.41, 5.74) is 0.532. The van der Waals surface area contributed by atoms with Gasteiger partial charge in [0.2, 0.25) is 0 Å². The largest absolute Gasteiger partial charge is 0.497 e. The van der Waals surface area contributed by atoms with Gasteiger partial charge < -0.3 is 15.4 Å². The number of carbonyl (C=O) groups is 1. The fourth-order valence-electron chi connectivity index (χ4n) is 1.73. The van der Waals surface area contributed by atoms with Crippen LogP contribution in [0.1, 0.15) is 24.2 Å². The molecule has 116 valence electrons. The third-order valence-corrected chi connectivity index (χ3v) is 2.95. The number of methoxy groups -OCH3 is 1. The zero-order valence-corrected chi connectivity index (χ0v) is 13.0. The Morgan fingerprint density at radius 1 is 1.09 bits per heavy atom. The quantitative estimate of drug-likeness (QED) is 0.858. The van der Waals surface area contributed by atoms with Crippen molar-refractivity contribution in [2.24, 2.45) is 5.92 Å². The number of carbonyl (C=O) groups excluding carboxylic acids is 1. The van der Waals surface area contributed by atoms with E-state index in [2.05, 4.69) is 34.7 Å². The highest BCUT2D eigenvalue weighted by Gasteiger charge is 2.07. The highest BCUT2D eigenvalue weighted by Crippen LogP contribution is 2.13. The molecule has 0 fully saturated rings. The summed E-state index contributed by atoms with van der Waals surface area (Å²) < 4.78 is 5.06. The second-order valence-electron chi connectivity index (χ2n) is 5.26. The molecule has 6 heteroatoms. The Balaban J connectivity index is 1.96. The van der Waals surface area contributed by atoms with Crippen LogP contribution < -0.4 is 15.4 Å². The van der Waals surface area contributed by atoms with Crippen molar-refractivity contribution < 1.29 is 9.53 Å². The number of ether oxygens (including phenoxy) is 1. The number of anilines is 2. The molecule has 0 radical (unpaired) electrons. The van der Waals surface area contributed by atoms with Gasteiger partial charge in [-0.05, 0) is 42.3 Å². The van der Waals surface area contributed by atoms with E-state index >= 15 is 0 Å². The third kappa shape index (κ3) is 4.44. The predicted molar refractivity (Wildman–Crippen MR) is 86.3 cm³/mol. The molecule has 0 unspecified atom stereocenters. The van der Waals surface area contributed by atoms with Crippen LogP contribution in [0.3, 0.4) is 0 Å². The summed E-state index contributed by atoms with van der Waals surface area (Å²) in [7, 11) is 1.58. The van der Waals surface area contributed by atoms with Gasteiger partial charge in [0, 0.05) is 12.1 Å². The third-order valence-electron chi connectivity index (χ3n) is 2.95. The molecule has 2 rings (SSSR count). The molecule has 2 N–H and O–H groups in total. The van der Waals surface area contributed by atoms with E-state index in [0.29, 0.717) is 28.9 Å². The first kappa shape index (κ1) is 15.8. The van der Waals surface area contributed by atoms with Crippen molar-refractivity contribution in [3.63, 3.8) is 0 Å². The number of hydrogen-bond donors (Lipinski definition) is 2. The van der Waals surface area contributed by atoms with Gasteiger partial charge in [0.25, 0.3) is 5.91 Å². The molecule has 1 heterocycles. The maximum absolute atomic E-state index is 12.1. The normalized spacial score (nSPS) is 10.4. The Morgan fingerprint density at radius 3 is 2.27 bits per heavy atom. The van der Waals surface area contributed by atoms with Crippen LogP contribution >= 0.6 is 0 Å². The highest BCUT2D eigenvalue weighted by atomic mass is 16.5. The minimum atomic E-state index is -0.236. The Bertz CT molecular complexity index is 609. The number of hydrogen-bond acceptors (Lipinski definition) is 5. The van der Waals surface area contributed by atoms with Gasteiger partial charge in [-0.3, -0.25) is 4.79 Å². The summed E-state index contributed by atoms with van der Waals surface area (Å²) in [4.78, 5) is 12.1. The van der Waals surface area contributed by atoms with E-state index in [-0.39, 0.29) is 5.91 Å². The first-order valence-corrected chi connectivity index (χ1v) is 7.11. The minimum Gasteiger partial charge on any atom is -0.497 e. The van der Waals surface area contributed by atoms with E-state index in [1.807, 2.05) is 0 Å². The van der Waals surface area contributed by atoms with E-state index in [1.54, 1.807) is 43.5 Å². The summed E-state index contributed by atoms with van der Waals surface area (Å²) in [6.07, 6.45) is 0. The van der Waals surface area contributed by atoms with Crippen LogP contribution in [0.2, 0.25) is 0 Å². The average Bonchev–Trinajstić information content (AvgIpc) is 2.54. The first-order chi connectivity index (χ1) is 10.6. The monoisotopic (exact) mass is 300 g/mol. The highest BCUT2D eigenvalue weighted by molar-refractivity contribution is 6.03. The Hall–Kier alpha value is -2.63. The van der Waals surface area contributed by atoms with Crippen LogP contribution in [0.25, 0.3) is 0 Å². The SMILES string of the molecule is COc1ccc(C(=O)Nc2ccc(NCC(C)C)nn2)cc1. The van der Waals surface area contributed by atoms with Gasteiger partial charge in [0.15, 0.2) is 5.82 Å². The lowest BCUT2D eigenvalue weighted by Gasteiger charge is -2.08. The number of aromatic nitrogens is 2. The van der Waals surface area contributed by atoms with E-state index in [0.717, 1.165) is 6.54 Å². The van der Waals surface area contributed by atoms with Crippen LogP contribution in [-0.2, 0) is 0 Å². The smallest absolute Gasteiger partial charge is 0.256 e. The summed E-state index contributed by atoms with van der Waals surface area (Å²) in [6.45, 7) is 5.06. The van der Waals surface area contributed by atoms with Gasteiger partial charge in [0.1, 0.15) is 11.6 Å². The fraction of sp³-hybridized carbons (Fsp3) is 0.312. The van der Waals surface area contributed by atoms with E-state index in [1.165, 1.54) is 0 Å². The molecule has 0 saturated carbocycles. The Kier molecular flexibility index (Phi) is 5.30. The predicted octanol–water partition coefficient (Wildman–Crippen LogP) is 2.81. The lowest BCUT2D eigenvalue weighted by Crippen LogP contribution is -2.14. The standard InChI is InChI=1S/C16H20N4O2/c1-11(2)10-17-14-8-9-15(20-19-14)18-16(21)12-4-6-13(22-3)7-5-12/h4-9,11H,10H2,1-3H3,(H,17,19)(H,18,20,21). The molecule has 0 aliphatic carbocycles. The molecule has 6 nitrogen and oxygen atoms in total. The summed E-state index contributed by atoms with van der Waals surface area (Å²) in [5.74, 6) is 2.10. The van der Waals surface area contributed by atoms with Crippen LogP contribution in [0.4, 0.5) is 11.6 Å². The van der Waals surface area contributed by atoms with Gasteiger partial charge in [-0.2, -0.15) is 0 Å². The summed E-state index contributed by atoms with van der Waals surface area (Å²) in [6, 6.07) is 10.4. The van der Waals surface area contributed by atoms with Gasteiger partial charge >= 0.3 is 0 Å². The molecule has 22 heavy (non-hydrogen) atoms. The van der Waals surface area contributed by atoms with Crippen molar-refractivity contribution in [3.05, 3.63) is 42.0 Å². The van der Waals surface area contributed by atoms with Crippen LogP contribution in [0.15, 0.2) is 36.4 Å². The molecule has 1 aromatic heterocycles. The lowest BCUT2D eigenvalue weighted by atomic mass is 10.2. The first-order valence-electron chi connectivity index (χ1n) is 7.11. The molecule has 1 aromatic carbocycles. The van der Waals surface area contributed by atoms with Crippen molar-refractivity contribution in [2.75, 3.05) is 24.3 Å². The van der Waals surface area contributed by atoms with Crippen molar-refractivity contribution in [1.82, 2.24) is 10.2 Å². The van der Waals surface area contributed by atoms with Crippen LogP contribution in [-0.4, -0.2) is 29.8 Å². The van der Waals surface area contributed by atoms with Gasteiger partial charge in [-0.1, -0.05) is 13.8 Å². The molecule has 0 aliphatic rings. The number of amides is 1. The van der Waals surface area contributed by atoms with Gasteiger partial charge in [-0.15, -0.1) is 10.2 Å². The van der Waals surface area contributed by atoms with Crippen LogP contribution in [0, 0.1) is 5.92 Å². The molecule has 0 aliphatic heterocycles. The summed E-state index contributed by atoms with van der Waals surface area (Å²) >= 11 is 0. The number of rotatable bonds is 6. The van der Waals surface area contributed by atoms with Crippen molar-refractivity contribution in [3.8, 4) is 5.75 Å². The van der Waals surface area contributed by atoms with E-state index < -0.39 is 0 Å². The molecule has 0 bridgehead atoms. The van der Waals surface area contributed by atoms with Gasteiger partial charge in [-0.25, -0.2) is 0 Å². The molecule has 0 atom stereocenters. The van der Waals surface area contributed by atoms with Crippen LogP contribution in [0.5, 0.6) is 5.75 Å². The van der Waals surface area contributed by atoms with Gasteiger partial charge in [0.05, 0.1) is 7.11 Å². The molecular formula is C16H20N4O2. The Morgan fingerprint density at radius 2 is 1.73 bits per heavy atom. The molecule has 0 saturated heterocycles. The zero-order chi connectivity index (χ0) is 15.9. The molecule has 2 aromatic rings. The maximum atomic E-state index is 12.1. The number of nitrogens with one attached hydrogen (secondary N) is 2. The zero-order valence-electron chi connectivity index (χ0n) is 13.0. The summed E-state index contributed by atoms with van der Waals surface area (Å²) in [5, 5.41) is 13.9. The number of benzene rings is 1. The molecule has 0 spiro atoms. The second kappa shape index (κ2) is 7.40. The average molecular weight is 300 g/mol. The van der Waals surface area contributed by atoms with Crippen molar-refractivity contribution in [2.45, 2.75) is 13.8 Å². The Labute approximate surface area is 129 Å². The maximum Gasteiger partial charge on any atom is 0.256 e. The second-order valence-corrected chi connectivity index (χ2v) is 5.26. The molecule has 1 amide bonds. The van der Waals surface area contributed by atoms with E-state index in [9.17, 15) is 4.79 Å². The van der Waals surface area contributed by atoms with Crippen molar-refractivity contribution in [1.29, 1.82) is 0 Å². The van der Waals surface area contributed by atoms with Crippen molar-refractivity contribution >= 4 is 17.5 Å². The number of nitrogens with zero attached hydrogens (tertiary/aromatic N) is 2. The molecular weight excluding hydrogens is 280 g/mol. The van der Waals surface area contributed by atoms with E-state index in [4.69, 9.17) is 4.74 Å². The minimum absolute atomic E-state index is 0.236.